The molecular weight excluding hydrogens is 271 g/mol. The summed E-state index contributed by atoms with van der Waals surface area (Å²) < 4.78 is 13.5. The zero-order chi connectivity index (χ0) is 14.0. The van der Waals surface area contributed by atoms with Crippen LogP contribution in [0.4, 0.5) is 10.1 Å². The number of nitrogens with one attached hydrogen (secondary N) is 1. The Balaban J connectivity index is 1.69. The maximum atomic E-state index is 13.5. The number of amidine groups is 1. The summed E-state index contributed by atoms with van der Waals surface area (Å²) in [6.45, 7) is 2.73. The second kappa shape index (κ2) is 5.76. The lowest BCUT2D eigenvalue weighted by atomic mass is 9.75. The highest BCUT2D eigenvalue weighted by molar-refractivity contribution is 8.14. The van der Waals surface area contributed by atoms with Crippen LogP contribution in [0.1, 0.15) is 37.7 Å². The summed E-state index contributed by atoms with van der Waals surface area (Å²) in [5.74, 6) is 0.980. The summed E-state index contributed by atoms with van der Waals surface area (Å²) >= 11 is 1.79. The monoisotopic (exact) mass is 292 g/mol. The molecule has 2 aliphatic rings. The summed E-state index contributed by atoms with van der Waals surface area (Å²) in [6, 6.07) is 5.14. The van der Waals surface area contributed by atoms with Gasteiger partial charge in [0, 0.05) is 23.5 Å². The molecule has 0 aromatic heterocycles. The predicted molar refractivity (Wildman–Crippen MR) is 85.0 cm³/mol. The zero-order valence-corrected chi connectivity index (χ0v) is 12.7. The summed E-state index contributed by atoms with van der Waals surface area (Å²) in [7, 11) is 0. The van der Waals surface area contributed by atoms with Crippen LogP contribution in [0.5, 0.6) is 0 Å². The molecule has 1 spiro atoms. The molecule has 1 aromatic rings. The second-order valence-corrected chi connectivity index (χ2v) is 6.97. The van der Waals surface area contributed by atoms with Gasteiger partial charge >= 0.3 is 0 Å². The maximum Gasteiger partial charge on any atom is 0.161 e. The van der Waals surface area contributed by atoms with Gasteiger partial charge in [0.15, 0.2) is 5.17 Å². The lowest BCUT2D eigenvalue weighted by Crippen LogP contribution is -2.35. The molecule has 2 nitrogen and oxygen atoms in total. The third-order valence-electron chi connectivity index (χ3n) is 4.50. The van der Waals surface area contributed by atoms with Gasteiger partial charge in [0.2, 0.25) is 0 Å². The van der Waals surface area contributed by atoms with Gasteiger partial charge in [0.1, 0.15) is 5.82 Å². The van der Waals surface area contributed by atoms with E-state index >= 15 is 0 Å². The van der Waals surface area contributed by atoms with Crippen LogP contribution in [0, 0.1) is 18.2 Å². The second-order valence-electron chi connectivity index (χ2n) is 6.01. The molecule has 1 aliphatic carbocycles. The molecular formula is C16H21FN2S. The average molecular weight is 292 g/mol. The summed E-state index contributed by atoms with van der Waals surface area (Å²) in [6.07, 6.45) is 6.71. The number of anilines is 1. The van der Waals surface area contributed by atoms with Gasteiger partial charge in [-0.05, 0) is 37.3 Å². The summed E-state index contributed by atoms with van der Waals surface area (Å²) in [5, 5.41) is 4.22. The van der Waals surface area contributed by atoms with E-state index in [1.807, 2.05) is 6.07 Å². The van der Waals surface area contributed by atoms with Crippen LogP contribution in [0.2, 0.25) is 0 Å². The van der Waals surface area contributed by atoms with E-state index in [2.05, 4.69) is 5.32 Å². The van der Waals surface area contributed by atoms with Crippen molar-refractivity contribution < 1.29 is 4.39 Å². The molecule has 1 fully saturated rings. The van der Waals surface area contributed by atoms with Gasteiger partial charge < -0.3 is 5.32 Å². The number of aliphatic imine (C=N–C) groups is 1. The van der Waals surface area contributed by atoms with Gasteiger partial charge in [-0.3, -0.25) is 4.99 Å². The Bertz CT molecular complexity index is 521. The van der Waals surface area contributed by atoms with Crippen molar-refractivity contribution in [2.24, 2.45) is 10.4 Å². The first-order chi connectivity index (χ1) is 9.69. The van der Waals surface area contributed by atoms with E-state index in [-0.39, 0.29) is 5.82 Å². The van der Waals surface area contributed by atoms with E-state index in [0.717, 1.165) is 23.2 Å². The lowest BCUT2D eigenvalue weighted by Gasteiger charge is -2.38. The fourth-order valence-corrected chi connectivity index (χ4v) is 4.25. The van der Waals surface area contributed by atoms with Crippen molar-refractivity contribution in [3.05, 3.63) is 29.6 Å². The highest BCUT2D eigenvalue weighted by atomic mass is 32.2. The van der Waals surface area contributed by atoms with Crippen LogP contribution in [-0.4, -0.2) is 17.5 Å². The third kappa shape index (κ3) is 2.85. The molecule has 108 valence electrons. The molecule has 3 rings (SSSR count). The van der Waals surface area contributed by atoms with Crippen molar-refractivity contribution >= 4 is 22.6 Å². The van der Waals surface area contributed by atoms with Gasteiger partial charge in [0.25, 0.3) is 0 Å². The first-order valence-electron chi connectivity index (χ1n) is 7.38. The Labute approximate surface area is 124 Å². The molecule has 1 aliphatic heterocycles. The van der Waals surface area contributed by atoms with Crippen LogP contribution in [0.15, 0.2) is 23.2 Å². The maximum absolute atomic E-state index is 13.5. The van der Waals surface area contributed by atoms with Gasteiger partial charge in [-0.2, -0.15) is 0 Å². The van der Waals surface area contributed by atoms with Crippen LogP contribution < -0.4 is 5.32 Å². The number of benzene rings is 1. The molecule has 1 heterocycles. The van der Waals surface area contributed by atoms with Gasteiger partial charge in [-0.1, -0.05) is 37.1 Å². The van der Waals surface area contributed by atoms with Crippen LogP contribution in [0.25, 0.3) is 0 Å². The summed E-state index contributed by atoms with van der Waals surface area (Å²) in [5.41, 5.74) is 1.93. The fourth-order valence-electron chi connectivity index (χ4n) is 3.09. The Morgan fingerprint density at radius 2 is 2.05 bits per heavy atom. The number of rotatable bonds is 1. The molecule has 0 amide bonds. The molecule has 0 atom stereocenters. The minimum Gasteiger partial charge on any atom is -0.335 e. The predicted octanol–water partition coefficient (Wildman–Crippen LogP) is 4.60. The van der Waals surface area contributed by atoms with Crippen molar-refractivity contribution in [1.82, 2.24) is 0 Å². The lowest BCUT2D eigenvalue weighted by molar-refractivity contribution is 0.232. The van der Waals surface area contributed by atoms with E-state index in [1.165, 1.54) is 38.2 Å². The molecule has 1 N–H and O–H groups in total. The van der Waals surface area contributed by atoms with Crippen LogP contribution in [0.3, 0.4) is 0 Å². The number of nitrogens with zero attached hydrogens (tertiary/aromatic N) is 1. The van der Waals surface area contributed by atoms with E-state index in [4.69, 9.17) is 4.99 Å². The molecule has 20 heavy (non-hydrogen) atoms. The zero-order valence-electron chi connectivity index (χ0n) is 11.9. The summed E-state index contributed by atoms with van der Waals surface area (Å²) in [4.78, 5) is 4.72. The highest BCUT2D eigenvalue weighted by Crippen LogP contribution is 2.42. The average Bonchev–Trinajstić information content (AvgIpc) is 2.47. The molecule has 4 heteroatoms. The number of halogens is 1. The normalized spacial score (nSPS) is 21.6. The molecule has 0 bridgehead atoms. The van der Waals surface area contributed by atoms with E-state index in [0.29, 0.717) is 11.0 Å². The number of hydrogen-bond donors (Lipinski definition) is 1. The molecule has 0 radical (unpaired) electrons. The van der Waals surface area contributed by atoms with Crippen molar-refractivity contribution in [1.29, 1.82) is 0 Å². The largest absolute Gasteiger partial charge is 0.335 e. The van der Waals surface area contributed by atoms with Crippen molar-refractivity contribution in [3.63, 3.8) is 0 Å². The quantitative estimate of drug-likeness (QED) is 0.818. The van der Waals surface area contributed by atoms with E-state index in [9.17, 15) is 4.39 Å². The fraction of sp³-hybridized carbons (Fsp3) is 0.562. The first kappa shape index (κ1) is 13.9. The van der Waals surface area contributed by atoms with Crippen LogP contribution in [-0.2, 0) is 0 Å². The molecule has 1 aromatic carbocycles. The molecule has 0 unspecified atom stereocenters. The van der Waals surface area contributed by atoms with E-state index in [1.54, 1.807) is 24.8 Å². The van der Waals surface area contributed by atoms with E-state index < -0.39 is 0 Å². The molecule has 0 saturated heterocycles. The molecule has 1 saturated carbocycles. The Morgan fingerprint density at radius 1 is 1.25 bits per heavy atom. The Hall–Kier alpha value is -1.03. The first-order valence-corrected chi connectivity index (χ1v) is 8.37. The topological polar surface area (TPSA) is 24.4 Å². The Morgan fingerprint density at radius 3 is 2.75 bits per heavy atom. The highest BCUT2D eigenvalue weighted by Gasteiger charge is 2.34. The van der Waals surface area contributed by atoms with Gasteiger partial charge in [0.05, 0.1) is 0 Å². The van der Waals surface area contributed by atoms with Crippen molar-refractivity contribution in [2.75, 3.05) is 17.6 Å². The standard InChI is InChI=1S/C16H21FN2S/c1-12-13(17)6-5-7-14(12)19-15-18-10-16(11-20-15)8-3-2-4-9-16/h5-7H,2-4,8-11H2,1H3,(H,18,19). The van der Waals surface area contributed by atoms with Crippen LogP contribution >= 0.6 is 11.8 Å². The number of hydrogen-bond acceptors (Lipinski definition) is 3. The minimum absolute atomic E-state index is 0.167. The smallest absolute Gasteiger partial charge is 0.161 e. The number of thioether (sulfide) groups is 1. The van der Waals surface area contributed by atoms with Gasteiger partial charge in [-0.15, -0.1) is 0 Å². The Kier molecular flexibility index (Phi) is 4.01. The van der Waals surface area contributed by atoms with Crippen molar-refractivity contribution in [3.8, 4) is 0 Å². The third-order valence-corrected chi connectivity index (χ3v) is 5.76. The van der Waals surface area contributed by atoms with Gasteiger partial charge in [-0.25, -0.2) is 4.39 Å². The SMILES string of the molecule is Cc1c(F)cccc1NC1=NCC2(CCCCC2)CS1. The minimum atomic E-state index is -0.167. The van der Waals surface area contributed by atoms with Crippen molar-refractivity contribution in [2.45, 2.75) is 39.0 Å².